The molecule has 6 aromatic rings. The Morgan fingerprint density at radius 1 is 0.621 bits per heavy atom. The molecule has 0 N–H and O–H groups in total. The summed E-state index contributed by atoms with van der Waals surface area (Å²) in [7, 11) is 0. The lowest BCUT2D eigenvalue weighted by atomic mass is 10.1. The Balaban J connectivity index is 1.84. The molecule has 6 rings (SSSR count). The fraction of sp³-hybridized carbons (Fsp3) is 0. The lowest BCUT2D eigenvalue weighted by Crippen LogP contribution is -2.14. The highest BCUT2D eigenvalue weighted by Crippen LogP contribution is 2.30. The lowest BCUT2D eigenvalue weighted by Gasteiger charge is -2.07. The van der Waals surface area contributed by atoms with E-state index in [0.29, 0.717) is 28.2 Å². The number of aromatic nitrogens is 4. The van der Waals surface area contributed by atoms with E-state index in [1.807, 2.05) is 84.9 Å². The minimum absolute atomic E-state index is 0.106. The molecule has 0 radical (unpaired) electrons. The molecule has 5 heteroatoms. The van der Waals surface area contributed by atoms with Crippen molar-refractivity contribution >= 4 is 27.5 Å². The lowest BCUT2D eigenvalue weighted by molar-refractivity contribution is 1.12. The van der Waals surface area contributed by atoms with E-state index in [0.717, 1.165) is 22.0 Å². The Hall–Kier alpha value is -4.12. The Kier molecular flexibility index (Phi) is 3.25. The van der Waals surface area contributed by atoms with E-state index in [1.54, 1.807) is 4.40 Å². The van der Waals surface area contributed by atoms with Gasteiger partial charge in [-0.05, 0) is 6.07 Å². The summed E-state index contributed by atoms with van der Waals surface area (Å²) in [6, 6.07) is 27.1. The molecule has 3 aromatic carbocycles. The van der Waals surface area contributed by atoms with Crippen LogP contribution in [0.25, 0.3) is 50.2 Å². The number of imidazole rings is 1. The van der Waals surface area contributed by atoms with Gasteiger partial charge in [0.1, 0.15) is 16.9 Å². The zero-order valence-electron chi connectivity index (χ0n) is 15.3. The summed E-state index contributed by atoms with van der Waals surface area (Å²) >= 11 is 0. The summed E-state index contributed by atoms with van der Waals surface area (Å²) in [5, 5.41) is 1.43. The highest BCUT2D eigenvalue weighted by atomic mass is 16.1. The number of nitrogens with zero attached hydrogens (tertiary/aromatic N) is 4. The number of fused-ring (bicyclic) bond motifs is 2. The maximum atomic E-state index is 13.4. The highest BCUT2D eigenvalue weighted by molar-refractivity contribution is 6.08. The topological polar surface area (TPSA) is 60.2 Å². The van der Waals surface area contributed by atoms with Crippen LogP contribution < -0.4 is 5.56 Å². The van der Waals surface area contributed by atoms with Crippen molar-refractivity contribution in [1.82, 2.24) is 19.4 Å². The Morgan fingerprint density at radius 3 is 1.97 bits per heavy atom. The van der Waals surface area contributed by atoms with Crippen LogP contribution in [0.4, 0.5) is 0 Å². The van der Waals surface area contributed by atoms with Crippen LogP contribution in [0.5, 0.6) is 0 Å². The third-order valence-electron chi connectivity index (χ3n) is 5.19. The van der Waals surface area contributed by atoms with E-state index in [9.17, 15) is 4.79 Å². The molecular formula is C24H14N4O. The van der Waals surface area contributed by atoms with Crippen molar-refractivity contribution in [3.05, 3.63) is 95.3 Å². The molecule has 0 saturated heterocycles. The highest BCUT2D eigenvalue weighted by Gasteiger charge is 2.21. The predicted molar refractivity (Wildman–Crippen MR) is 114 cm³/mol. The van der Waals surface area contributed by atoms with Gasteiger partial charge >= 0.3 is 0 Å². The fourth-order valence-electron chi connectivity index (χ4n) is 3.86. The van der Waals surface area contributed by atoms with Crippen molar-refractivity contribution in [3.63, 3.8) is 0 Å². The molecule has 0 amide bonds. The first-order valence-corrected chi connectivity index (χ1v) is 9.37. The van der Waals surface area contributed by atoms with E-state index < -0.39 is 0 Å². The summed E-state index contributed by atoms with van der Waals surface area (Å²) in [5.74, 6) is 1.18. The van der Waals surface area contributed by atoms with Crippen molar-refractivity contribution in [2.75, 3.05) is 0 Å². The summed E-state index contributed by atoms with van der Waals surface area (Å²) in [6.07, 6.45) is 0. The molecule has 136 valence electrons. The minimum Gasteiger partial charge on any atom is -0.268 e. The number of pyridine rings is 1. The SMILES string of the molecule is O=c1c2ccccc2c2nc(-c3ccccc3)nc3nc(-c4ccccc4)n1c32. The number of hydrogen-bond donors (Lipinski definition) is 0. The molecule has 0 aliphatic carbocycles. The van der Waals surface area contributed by atoms with Gasteiger partial charge in [-0.15, -0.1) is 0 Å². The van der Waals surface area contributed by atoms with Gasteiger partial charge in [-0.3, -0.25) is 9.20 Å². The van der Waals surface area contributed by atoms with Gasteiger partial charge in [0.05, 0.1) is 0 Å². The molecule has 0 bridgehead atoms. The average molecular weight is 374 g/mol. The van der Waals surface area contributed by atoms with E-state index in [-0.39, 0.29) is 5.56 Å². The third-order valence-corrected chi connectivity index (χ3v) is 5.19. The van der Waals surface area contributed by atoms with Crippen LogP contribution >= 0.6 is 0 Å². The Labute approximate surface area is 165 Å². The predicted octanol–water partition coefficient (Wildman–Crippen LogP) is 4.56. The smallest absolute Gasteiger partial charge is 0.264 e. The molecule has 0 saturated carbocycles. The first-order valence-electron chi connectivity index (χ1n) is 9.37. The number of benzene rings is 3. The molecule has 29 heavy (non-hydrogen) atoms. The third kappa shape index (κ3) is 2.28. The molecule has 0 fully saturated rings. The second-order valence-electron chi connectivity index (χ2n) is 6.92. The van der Waals surface area contributed by atoms with E-state index in [1.165, 1.54) is 0 Å². The molecule has 3 heterocycles. The van der Waals surface area contributed by atoms with Crippen LogP contribution in [0.3, 0.4) is 0 Å². The summed E-state index contributed by atoms with van der Waals surface area (Å²) in [6.45, 7) is 0. The normalized spacial score (nSPS) is 11.6. The van der Waals surface area contributed by atoms with Gasteiger partial charge in [-0.25, -0.2) is 15.0 Å². The quantitative estimate of drug-likeness (QED) is 0.417. The van der Waals surface area contributed by atoms with Crippen molar-refractivity contribution < 1.29 is 0 Å². The molecule has 0 atom stereocenters. The van der Waals surface area contributed by atoms with Gasteiger partial charge in [0, 0.05) is 21.9 Å². The van der Waals surface area contributed by atoms with Crippen molar-refractivity contribution in [1.29, 1.82) is 0 Å². The van der Waals surface area contributed by atoms with Gasteiger partial charge in [0.25, 0.3) is 5.56 Å². The maximum absolute atomic E-state index is 13.4. The second-order valence-corrected chi connectivity index (χ2v) is 6.92. The van der Waals surface area contributed by atoms with Gasteiger partial charge < -0.3 is 0 Å². The van der Waals surface area contributed by atoms with Crippen LogP contribution in [-0.2, 0) is 0 Å². The monoisotopic (exact) mass is 374 g/mol. The zero-order chi connectivity index (χ0) is 19.4. The molecule has 0 spiro atoms. The number of rotatable bonds is 2. The fourth-order valence-corrected chi connectivity index (χ4v) is 3.86. The van der Waals surface area contributed by atoms with Crippen LogP contribution in [0.15, 0.2) is 89.7 Å². The first-order chi connectivity index (χ1) is 14.3. The number of hydrogen-bond acceptors (Lipinski definition) is 4. The van der Waals surface area contributed by atoms with Gasteiger partial charge in [-0.1, -0.05) is 78.9 Å². The standard InChI is InChI=1S/C24H14N4O/c29-24-18-14-8-7-13-17(18)19-20-22(26-21(25-19)15-9-3-1-4-10-15)27-23(28(20)24)16-11-5-2-6-12-16/h1-14H. The summed E-state index contributed by atoms with van der Waals surface area (Å²) in [5.41, 5.74) is 3.59. The van der Waals surface area contributed by atoms with Gasteiger partial charge in [-0.2, -0.15) is 0 Å². The Bertz CT molecular complexity index is 1560. The average Bonchev–Trinajstić information content (AvgIpc) is 3.18. The van der Waals surface area contributed by atoms with Crippen molar-refractivity contribution in [2.24, 2.45) is 0 Å². The maximum Gasteiger partial charge on any atom is 0.264 e. The molecule has 0 aliphatic heterocycles. The molecular weight excluding hydrogens is 360 g/mol. The van der Waals surface area contributed by atoms with Gasteiger partial charge in [0.15, 0.2) is 11.5 Å². The summed E-state index contributed by atoms with van der Waals surface area (Å²) < 4.78 is 1.65. The van der Waals surface area contributed by atoms with Crippen LogP contribution in [-0.4, -0.2) is 19.4 Å². The van der Waals surface area contributed by atoms with E-state index in [2.05, 4.69) is 0 Å². The van der Waals surface area contributed by atoms with Crippen molar-refractivity contribution in [2.45, 2.75) is 0 Å². The molecule has 3 aromatic heterocycles. The molecule has 5 nitrogen and oxygen atoms in total. The van der Waals surface area contributed by atoms with Crippen LogP contribution in [0.1, 0.15) is 0 Å². The first kappa shape index (κ1) is 15.9. The van der Waals surface area contributed by atoms with E-state index in [4.69, 9.17) is 15.0 Å². The van der Waals surface area contributed by atoms with Gasteiger partial charge in [0.2, 0.25) is 0 Å². The molecule has 0 unspecified atom stereocenters. The van der Waals surface area contributed by atoms with Crippen LogP contribution in [0, 0.1) is 0 Å². The zero-order valence-corrected chi connectivity index (χ0v) is 15.3. The minimum atomic E-state index is -0.106. The molecule has 0 aliphatic rings. The Morgan fingerprint density at radius 2 is 1.24 bits per heavy atom. The largest absolute Gasteiger partial charge is 0.268 e. The van der Waals surface area contributed by atoms with E-state index >= 15 is 0 Å². The van der Waals surface area contributed by atoms with Crippen LogP contribution in [0.2, 0.25) is 0 Å². The second kappa shape index (κ2) is 5.94. The summed E-state index contributed by atoms with van der Waals surface area (Å²) in [4.78, 5) is 27.7. The van der Waals surface area contributed by atoms with Crippen molar-refractivity contribution in [3.8, 4) is 22.8 Å².